The lowest BCUT2D eigenvalue weighted by Gasteiger charge is -2.43. The molecule has 0 radical (unpaired) electrons. The first-order valence-electron chi connectivity index (χ1n) is 11.3. The van der Waals surface area contributed by atoms with Gasteiger partial charge in [-0.3, -0.25) is 14.7 Å². The lowest BCUT2D eigenvalue weighted by molar-refractivity contribution is -0.125. The minimum absolute atomic E-state index is 0.115. The Morgan fingerprint density at radius 2 is 2.00 bits per heavy atom. The molecule has 2 aliphatic heterocycles. The quantitative estimate of drug-likeness (QED) is 0.642. The molecule has 32 heavy (non-hydrogen) atoms. The predicted molar refractivity (Wildman–Crippen MR) is 126 cm³/mol. The molecule has 2 aliphatic rings. The average molecular weight is 428 g/mol. The average Bonchev–Trinajstić information content (AvgIpc) is 2.82. The van der Waals surface area contributed by atoms with E-state index in [9.17, 15) is 4.79 Å². The van der Waals surface area contributed by atoms with Crippen molar-refractivity contribution in [1.82, 2.24) is 9.88 Å². The molecule has 5 rings (SSSR count). The maximum atomic E-state index is 13.1. The number of carbonyl (C=O) groups excluding carboxylic acids is 1. The monoisotopic (exact) mass is 427 g/mol. The number of rotatable bonds is 5. The number of fused-ring (bicyclic) bond motifs is 3. The Kier molecular flexibility index (Phi) is 5.66. The Balaban J connectivity index is 1.38. The number of ether oxygens (including phenoxy) is 1. The second-order valence-electron chi connectivity index (χ2n) is 8.83. The van der Waals surface area contributed by atoms with Gasteiger partial charge < -0.3 is 10.1 Å². The van der Waals surface area contributed by atoms with Crippen molar-refractivity contribution in [3.8, 4) is 5.75 Å². The number of carbonyl (C=O) groups is 1. The number of nitrogens with zero attached hydrogens (tertiary/aromatic N) is 2. The van der Waals surface area contributed by atoms with Crippen LogP contribution in [0.1, 0.15) is 46.3 Å². The van der Waals surface area contributed by atoms with Crippen LogP contribution in [0.4, 0.5) is 5.69 Å². The number of pyridine rings is 1. The number of methoxy groups -OCH3 is 1. The third-order valence-corrected chi connectivity index (χ3v) is 6.75. The number of nitrogens with one attached hydrogen (secondary N) is 1. The summed E-state index contributed by atoms with van der Waals surface area (Å²) in [6.45, 7) is 4.48. The first kappa shape index (κ1) is 20.7. The second kappa shape index (κ2) is 8.75. The van der Waals surface area contributed by atoms with E-state index in [0.29, 0.717) is 6.42 Å². The van der Waals surface area contributed by atoms with Gasteiger partial charge in [0, 0.05) is 38.3 Å². The van der Waals surface area contributed by atoms with Crippen molar-refractivity contribution in [2.45, 2.75) is 38.3 Å². The smallest absolute Gasteiger partial charge is 0.145 e. The Morgan fingerprint density at radius 1 is 1.16 bits per heavy atom. The van der Waals surface area contributed by atoms with Gasteiger partial charge in [-0.1, -0.05) is 30.3 Å². The summed E-state index contributed by atoms with van der Waals surface area (Å²) in [5, 5.41) is 3.53. The minimum atomic E-state index is -0.138. The number of ketones is 1. The molecule has 0 bridgehead atoms. The molecular formula is C27H29N3O2. The van der Waals surface area contributed by atoms with Crippen molar-refractivity contribution in [1.29, 1.82) is 0 Å². The molecule has 0 spiro atoms. The SMILES string of the molecule is COc1cc2c(cc1NCc1ccccc1)CCN1C[C@@H](c3cc(C)ccn3)C(=O)C[C@H]21. The summed E-state index contributed by atoms with van der Waals surface area (Å²) < 4.78 is 5.73. The number of aryl methyl sites for hydroxylation is 1. The van der Waals surface area contributed by atoms with E-state index in [1.54, 1.807) is 7.11 Å². The second-order valence-corrected chi connectivity index (χ2v) is 8.83. The molecule has 0 aliphatic carbocycles. The number of hydrogen-bond donors (Lipinski definition) is 1. The van der Waals surface area contributed by atoms with Gasteiger partial charge in [0.2, 0.25) is 0 Å². The fraction of sp³-hybridized carbons (Fsp3) is 0.333. The van der Waals surface area contributed by atoms with Crippen LogP contribution in [0.5, 0.6) is 5.75 Å². The summed E-state index contributed by atoms with van der Waals surface area (Å²) >= 11 is 0. The van der Waals surface area contributed by atoms with Crippen molar-refractivity contribution in [2.75, 3.05) is 25.5 Å². The highest BCUT2D eigenvalue weighted by Crippen LogP contribution is 2.42. The van der Waals surface area contributed by atoms with E-state index < -0.39 is 0 Å². The minimum Gasteiger partial charge on any atom is -0.495 e. The Hall–Kier alpha value is -3.18. The van der Waals surface area contributed by atoms with E-state index in [4.69, 9.17) is 4.74 Å². The van der Waals surface area contributed by atoms with E-state index in [2.05, 4.69) is 57.7 Å². The number of hydrogen-bond acceptors (Lipinski definition) is 5. The molecule has 3 aromatic rings. The molecular weight excluding hydrogens is 398 g/mol. The lowest BCUT2D eigenvalue weighted by Crippen LogP contribution is -2.45. The van der Waals surface area contributed by atoms with Gasteiger partial charge in [-0.15, -0.1) is 0 Å². The zero-order valence-corrected chi connectivity index (χ0v) is 18.7. The van der Waals surface area contributed by atoms with E-state index in [0.717, 1.165) is 48.7 Å². The number of piperidine rings is 1. The maximum absolute atomic E-state index is 13.1. The highest BCUT2D eigenvalue weighted by atomic mass is 16.5. The summed E-state index contributed by atoms with van der Waals surface area (Å²) in [7, 11) is 1.71. The van der Waals surface area contributed by atoms with Crippen molar-refractivity contribution < 1.29 is 9.53 Å². The Bertz CT molecular complexity index is 1130. The topological polar surface area (TPSA) is 54.5 Å². The van der Waals surface area contributed by atoms with Crippen molar-refractivity contribution in [3.63, 3.8) is 0 Å². The molecule has 5 nitrogen and oxygen atoms in total. The molecule has 3 heterocycles. The standard InChI is InChI=1S/C27H29N3O2/c1-18-8-10-28-23(12-18)22-17-30-11-9-20-13-24(29-16-19-6-4-3-5-7-19)27(32-2)14-21(20)25(30)15-26(22)31/h3-8,10,12-14,22,25,29H,9,11,15-17H2,1-2H3/t22-,25+/m0/s1. The zero-order valence-electron chi connectivity index (χ0n) is 18.7. The molecule has 0 amide bonds. The zero-order chi connectivity index (χ0) is 22.1. The predicted octanol–water partition coefficient (Wildman–Crippen LogP) is 4.67. The molecule has 5 heteroatoms. The van der Waals surface area contributed by atoms with E-state index in [1.165, 1.54) is 16.7 Å². The van der Waals surface area contributed by atoms with Crippen molar-refractivity contribution >= 4 is 11.5 Å². The molecule has 2 atom stereocenters. The largest absolute Gasteiger partial charge is 0.495 e. The van der Waals surface area contributed by atoms with Crippen molar-refractivity contribution in [3.05, 3.63) is 88.7 Å². The third kappa shape index (κ3) is 4.00. The molecule has 164 valence electrons. The molecule has 2 aromatic carbocycles. The molecule has 1 aromatic heterocycles. The Labute approximate surface area is 189 Å². The molecule has 0 unspecified atom stereocenters. The van der Waals surface area contributed by atoms with Gasteiger partial charge in [0.25, 0.3) is 0 Å². The fourth-order valence-electron chi connectivity index (χ4n) is 5.02. The van der Waals surface area contributed by atoms with Gasteiger partial charge in [0.1, 0.15) is 11.5 Å². The van der Waals surface area contributed by atoms with Crippen molar-refractivity contribution in [2.24, 2.45) is 0 Å². The van der Waals surface area contributed by atoms with Gasteiger partial charge in [0.15, 0.2) is 0 Å². The normalized spacial score (nSPS) is 20.4. The number of aromatic nitrogens is 1. The molecule has 1 saturated heterocycles. The van der Waals surface area contributed by atoms with Gasteiger partial charge in [-0.2, -0.15) is 0 Å². The summed E-state index contributed by atoms with van der Waals surface area (Å²) in [6.07, 6.45) is 3.30. The number of Topliss-reactive ketones (excluding diaryl/α,β-unsaturated/α-hetero) is 1. The molecule has 1 N–H and O–H groups in total. The maximum Gasteiger partial charge on any atom is 0.145 e. The summed E-state index contributed by atoms with van der Waals surface area (Å²) in [6, 6.07) is 18.9. The number of anilines is 1. The van der Waals surface area contributed by atoms with Crippen LogP contribution in [-0.2, 0) is 17.8 Å². The third-order valence-electron chi connectivity index (χ3n) is 6.75. The van der Waals surface area contributed by atoms with Gasteiger partial charge in [0.05, 0.1) is 24.4 Å². The van der Waals surface area contributed by atoms with Crippen LogP contribution < -0.4 is 10.1 Å². The summed E-state index contributed by atoms with van der Waals surface area (Å²) in [5.74, 6) is 0.973. The highest BCUT2D eigenvalue weighted by Gasteiger charge is 2.39. The number of benzene rings is 2. The fourth-order valence-corrected chi connectivity index (χ4v) is 5.02. The Morgan fingerprint density at radius 3 is 2.78 bits per heavy atom. The summed E-state index contributed by atoms with van der Waals surface area (Å²) in [4.78, 5) is 20.1. The van der Waals surface area contributed by atoms with Gasteiger partial charge in [-0.25, -0.2) is 0 Å². The van der Waals surface area contributed by atoms with Crippen LogP contribution in [0.2, 0.25) is 0 Å². The molecule has 1 fully saturated rings. The van der Waals surface area contributed by atoms with Crippen LogP contribution in [0.3, 0.4) is 0 Å². The highest BCUT2D eigenvalue weighted by molar-refractivity contribution is 5.87. The van der Waals surface area contributed by atoms with Gasteiger partial charge >= 0.3 is 0 Å². The van der Waals surface area contributed by atoms with E-state index >= 15 is 0 Å². The molecule has 0 saturated carbocycles. The first-order valence-corrected chi connectivity index (χ1v) is 11.3. The lowest BCUT2D eigenvalue weighted by atomic mass is 9.81. The first-order chi connectivity index (χ1) is 15.6. The van der Waals surface area contributed by atoms with Crippen LogP contribution in [0.25, 0.3) is 0 Å². The van der Waals surface area contributed by atoms with Crippen LogP contribution in [0, 0.1) is 6.92 Å². The van der Waals surface area contributed by atoms with Crippen LogP contribution in [0.15, 0.2) is 60.8 Å². The van der Waals surface area contributed by atoms with E-state index in [-0.39, 0.29) is 17.7 Å². The van der Waals surface area contributed by atoms with Crippen LogP contribution >= 0.6 is 0 Å². The van der Waals surface area contributed by atoms with Gasteiger partial charge in [-0.05, 0) is 59.9 Å². The van der Waals surface area contributed by atoms with Crippen LogP contribution in [-0.4, -0.2) is 35.9 Å². The van der Waals surface area contributed by atoms with E-state index in [1.807, 2.05) is 25.3 Å². The summed E-state index contributed by atoms with van der Waals surface area (Å²) in [5.41, 5.74) is 6.82.